The highest BCUT2D eigenvalue weighted by molar-refractivity contribution is 5.33. The van der Waals surface area contributed by atoms with Crippen LogP contribution in [0.15, 0.2) is 18.2 Å². The van der Waals surface area contributed by atoms with E-state index in [0.717, 1.165) is 0 Å². The van der Waals surface area contributed by atoms with Crippen molar-refractivity contribution in [1.82, 2.24) is 0 Å². The number of hydrogen-bond donors (Lipinski definition) is 1. The van der Waals surface area contributed by atoms with Crippen molar-refractivity contribution in [2.75, 3.05) is 7.11 Å². The first-order valence-corrected chi connectivity index (χ1v) is 3.94. The van der Waals surface area contributed by atoms with Gasteiger partial charge in [0.15, 0.2) is 11.6 Å². The molecule has 1 atom stereocenters. The minimum absolute atomic E-state index is 0.0846. The number of methoxy groups -OCH3 is 1. The van der Waals surface area contributed by atoms with Crippen LogP contribution in [0.25, 0.3) is 0 Å². The van der Waals surface area contributed by atoms with Gasteiger partial charge in [-0.2, -0.15) is 0 Å². The smallest absolute Gasteiger partial charge is 0.257 e. The monoisotopic (exact) mass is 205 g/mol. The highest BCUT2D eigenvalue weighted by atomic mass is 19.3. The minimum atomic E-state index is -2.79. The molecular formula is C9H10F3NO. The van der Waals surface area contributed by atoms with Crippen molar-refractivity contribution in [1.29, 1.82) is 0 Å². The lowest BCUT2D eigenvalue weighted by Crippen LogP contribution is -2.20. The third-order valence-electron chi connectivity index (χ3n) is 1.84. The molecule has 14 heavy (non-hydrogen) atoms. The molecule has 0 saturated carbocycles. The molecule has 5 heteroatoms. The Kier molecular flexibility index (Phi) is 3.35. The van der Waals surface area contributed by atoms with E-state index in [-0.39, 0.29) is 11.3 Å². The van der Waals surface area contributed by atoms with Crippen molar-refractivity contribution >= 4 is 0 Å². The van der Waals surface area contributed by atoms with Crippen molar-refractivity contribution in [3.8, 4) is 5.75 Å². The standard InChI is InChI=1S/C9H10F3NO/c1-14-6-4-2-3-5(7(6)10)8(13)9(11)12/h2-4,8-9H,13H2,1H3/t8-/m1/s1. The molecule has 0 saturated heterocycles. The summed E-state index contributed by atoms with van der Waals surface area (Å²) in [6.45, 7) is 0. The lowest BCUT2D eigenvalue weighted by Gasteiger charge is -2.13. The number of rotatable bonds is 3. The molecule has 1 rings (SSSR count). The first-order valence-electron chi connectivity index (χ1n) is 3.94. The second-order valence-corrected chi connectivity index (χ2v) is 2.72. The first-order chi connectivity index (χ1) is 6.57. The summed E-state index contributed by atoms with van der Waals surface area (Å²) in [5.41, 5.74) is 4.88. The molecule has 0 unspecified atom stereocenters. The highest BCUT2D eigenvalue weighted by Gasteiger charge is 2.22. The molecule has 0 fully saturated rings. The fraction of sp³-hybridized carbons (Fsp3) is 0.333. The van der Waals surface area contributed by atoms with Gasteiger partial charge in [-0.05, 0) is 6.07 Å². The Morgan fingerprint density at radius 3 is 2.50 bits per heavy atom. The zero-order valence-corrected chi connectivity index (χ0v) is 7.51. The Morgan fingerprint density at radius 1 is 1.36 bits per heavy atom. The van der Waals surface area contributed by atoms with E-state index in [2.05, 4.69) is 4.74 Å². The maximum atomic E-state index is 13.3. The Morgan fingerprint density at radius 2 is 2.00 bits per heavy atom. The van der Waals surface area contributed by atoms with E-state index in [1.165, 1.54) is 25.3 Å². The van der Waals surface area contributed by atoms with Gasteiger partial charge in [0.25, 0.3) is 6.43 Å². The molecule has 0 aliphatic heterocycles. The second kappa shape index (κ2) is 4.32. The molecule has 78 valence electrons. The summed E-state index contributed by atoms with van der Waals surface area (Å²) in [4.78, 5) is 0. The van der Waals surface area contributed by atoms with Crippen LogP contribution in [-0.2, 0) is 0 Å². The van der Waals surface area contributed by atoms with Crippen molar-refractivity contribution in [3.05, 3.63) is 29.6 Å². The summed E-state index contributed by atoms with van der Waals surface area (Å²) in [5.74, 6) is -0.915. The fourth-order valence-electron chi connectivity index (χ4n) is 1.08. The summed E-state index contributed by atoms with van der Waals surface area (Å²) < 4.78 is 42.4. The average Bonchev–Trinajstić information content (AvgIpc) is 2.17. The number of ether oxygens (including phenoxy) is 1. The third-order valence-corrected chi connectivity index (χ3v) is 1.84. The molecule has 0 spiro atoms. The van der Waals surface area contributed by atoms with E-state index >= 15 is 0 Å². The largest absolute Gasteiger partial charge is 0.494 e. The molecule has 2 nitrogen and oxygen atoms in total. The predicted molar refractivity (Wildman–Crippen MR) is 45.9 cm³/mol. The lowest BCUT2D eigenvalue weighted by molar-refractivity contribution is 0.114. The fourth-order valence-corrected chi connectivity index (χ4v) is 1.08. The van der Waals surface area contributed by atoms with Gasteiger partial charge in [0.05, 0.1) is 13.2 Å². The zero-order valence-electron chi connectivity index (χ0n) is 7.51. The van der Waals surface area contributed by atoms with Crippen LogP contribution in [0.3, 0.4) is 0 Å². The molecule has 1 aromatic carbocycles. The summed E-state index contributed by atoms with van der Waals surface area (Å²) in [6.07, 6.45) is -2.79. The van der Waals surface area contributed by atoms with Gasteiger partial charge < -0.3 is 10.5 Å². The highest BCUT2D eigenvalue weighted by Crippen LogP contribution is 2.26. The van der Waals surface area contributed by atoms with Crippen molar-refractivity contribution < 1.29 is 17.9 Å². The lowest BCUT2D eigenvalue weighted by atomic mass is 10.1. The Bertz CT molecular complexity index is 317. The summed E-state index contributed by atoms with van der Waals surface area (Å²) >= 11 is 0. The van der Waals surface area contributed by atoms with Crippen LogP contribution in [0.4, 0.5) is 13.2 Å². The SMILES string of the molecule is COc1cccc([C@@H](N)C(F)F)c1F. The van der Waals surface area contributed by atoms with E-state index in [4.69, 9.17) is 5.73 Å². The van der Waals surface area contributed by atoms with E-state index in [0.29, 0.717) is 0 Å². The predicted octanol–water partition coefficient (Wildman–Crippen LogP) is 2.10. The number of hydrogen-bond acceptors (Lipinski definition) is 2. The molecule has 0 amide bonds. The Labute approximate surface area is 79.5 Å². The van der Waals surface area contributed by atoms with Gasteiger partial charge >= 0.3 is 0 Å². The second-order valence-electron chi connectivity index (χ2n) is 2.72. The maximum absolute atomic E-state index is 13.3. The van der Waals surface area contributed by atoms with Crippen LogP contribution in [-0.4, -0.2) is 13.5 Å². The van der Waals surface area contributed by atoms with Crippen LogP contribution in [0.1, 0.15) is 11.6 Å². The number of alkyl halides is 2. The molecule has 2 N–H and O–H groups in total. The number of nitrogens with two attached hydrogens (primary N) is 1. The van der Waals surface area contributed by atoms with Gasteiger partial charge in [-0.25, -0.2) is 13.2 Å². The van der Waals surface area contributed by atoms with Crippen molar-refractivity contribution in [2.24, 2.45) is 5.73 Å². The summed E-state index contributed by atoms with van der Waals surface area (Å²) in [5, 5.41) is 0. The normalized spacial score (nSPS) is 13.0. The van der Waals surface area contributed by atoms with Crippen LogP contribution in [0.5, 0.6) is 5.75 Å². The average molecular weight is 205 g/mol. The maximum Gasteiger partial charge on any atom is 0.257 e. The minimum Gasteiger partial charge on any atom is -0.494 e. The topological polar surface area (TPSA) is 35.2 Å². The first kappa shape index (κ1) is 10.8. The van der Waals surface area contributed by atoms with Gasteiger partial charge in [-0.3, -0.25) is 0 Å². The quantitative estimate of drug-likeness (QED) is 0.820. The van der Waals surface area contributed by atoms with Gasteiger partial charge in [-0.15, -0.1) is 0 Å². The summed E-state index contributed by atoms with van der Waals surface area (Å²) in [6, 6.07) is 2.36. The molecule has 1 aromatic rings. The van der Waals surface area contributed by atoms with Crippen LogP contribution >= 0.6 is 0 Å². The number of benzene rings is 1. The van der Waals surface area contributed by atoms with E-state index < -0.39 is 18.3 Å². The van der Waals surface area contributed by atoms with Crippen LogP contribution < -0.4 is 10.5 Å². The molecule has 0 bridgehead atoms. The number of halogens is 3. The third kappa shape index (κ3) is 1.98. The molecule has 0 radical (unpaired) electrons. The Balaban J connectivity index is 3.09. The zero-order chi connectivity index (χ0) is 10.7. The van der Waals surface area contributed by atoms with Gasteiger partial charge in [0.1, 0.15) is 0 Å². The molecule has 0 aliphatic rings. The van der Waals surface area contributed by atoms with Crippen molar-refractivity contribution in [2.45, 2.75) is 12.5 Å². The molecule has 0 aromatic heterocycles. The van der Waals surface area contributed by atoms with E-state index in [9.17, 15) is 13.2 Å². The molecule has 0 heterocycles. The van der Waals surface area contributed by atoms with E-state index in [1.807, 2.05) is 0 Å². The Hall–Kier alpha value is -1.23. The van der Waals surface area contributed by atoms with Gasteiger partial charge in [0.2, 0.25) is 0 Å². The van der Waals surface area contributed by atoms with Crippen LogP contribution in [0, 0.1) is 5.82 Å². The molecule has 0 aliphatic carbocycles. The van der Waals surface area contributed by atoms with E-state index in [1.54, 1.807) is 0 Å². The van der Waals surface area contributed by atoms with Gasteiger partial charge in [0, 0.05) is 5.56 Å². The molecular weight excluding hydrogens is 195 g/mol. The van der Waals surface area contributed by atoms with Gasteiger partial charge in [-0.1, -0.05) is 12.1 Å². The van der Waals surface area contributed by atoms with Crippen molar-refractivity contribution in [3.63, 3.8) is 0 Å². The summed E-state index contributed by atoms with van der Waals surface area (Å²) in [7, 11) is 1.26. The van der Waals surface area contributed by atoms with Crippen LogP contribution in [0.2, 0.25) is 0 Å².